The Morgan fingerprint density at radius 2 is 1.48 bits per heavy atom. The molecular weight excluding hydrogens is 322 g/mol. The lowest BCUT2D eigenvalue weighted by molar-refractivity contribution is -0.162. The summed E-state index contributed by atoms with van der Waals surface area (Å²) >= 11 is 0. The maximum atomic E-state index is 12.5. The molecule has 6 nitrogen and oxygen atoms in total. The number of carboxylic acid groups (broad SMARTS) is 1. The van der Waals surface area contributed by atoms with Crippen LogP contribution in [0.5, 0.6) is 11.5 Å². The van der Waals surface area contributed by atoms with E-state index in [-0.39, 0.29) is 31.8 Å². The van der Waals surface area contributed by atoms with Crippen LogP contribution >= 0.6 is 0 Å². The molecule has 0 atom stereocenters. The van der Waals surface area contributed by atoms with Crippen molar-refractivity contribution < 1.29 is 24.5 Å². The van der Waals surface area contributed by atoms with Gasteiger partial charge in [-0.2, -0.15) is 0 Å². The van der Waals surface area contributed by atoms with Crippen LogP contribution in [-0.2, 0) is 4.79 Å². The first-order valence-electron chi connectivity index (χ1n) is 8.06. The summed E-state index contributed by atoms with van der Waals surface area (Å²) in [4.78, 5) is 25.1. The van der Waals surface area contributed by atoms with Gasteiger partial charge in [-0.25, -0.2) is 4.79 Å². The fraction of sp³-hybridized carbons (Fsp3) is 0.263. The number of carboxylic acids is 1. The largest absolute Gasteiger partial charge is 0.479 e. The number of nitrogens with zero attached hydrogens (tertiary/aromatic N) is 1. The molecule has 1 saturated heterocycles. The second-order valence-corrected chi connectivity index (χ2v) is 6.07. The standard InChI is InChI=1S/C19H19NO5/c21-17(20-12-10-19(24,11-13-20)18(22)23)14-6-8-16(9-7-14)25-15-4-2-1-3-5-15/h1-9,24H,10-13H2,(H,22,23). The van der Waals surface area contributed by atoms with Crippen LogP contribution in [0, 0.1) is 0 Å². The van der Waals surface area contributed by atoms with Crippen molar-refractivity contribution in [3.8, 4) is 11.5 Å². The van der Waals surface area contributed by atoms with Gasteiger partial charge in [-0.05, 0) is 36.4 Å². The number of carbonyl (C=O) groups is 2. The molecule has 0 aromatic heterocycles. The third-order valence-corrected chi connectivity index (χ3v) is 4.36. The zero-order chi connectivity index (χ0) is 17.9. The molecule has 1 heterocycles. The summed E-state index contributed by atoms with van der Waals surface area (Å²) in [6, 6.07) is 16.1. The van der Waals surface area contributed by atoms with Crippen molar-refractivity contribution in [2.24, 2.45) is 0 Å². The van der Waals surface area contributed by atoms with E-state index in [1.165, 1.54) is 0 Å². The first kappa shape index (κ1) is 17.0. The average Bonchev–Trinajstić information content (AvgIpc) is 2.63. The molecule has 1 aliphatic heterocycles. The Labute approximate surface area is 145 Å². The van der Waals surface area contributed by atoms with E-state index in [0.29, 0.717) is 17.1 Å². The number of para-hydroxylation sites is 1. The van der Waals surface area contributed by atoms with Gasteiger partial charge >= 0.3 is 5.97 Å². The smallest absolute Gasteiger partial charge is 0.335 e. The predicted molar refractivity (Wildman–Crippen MR) is 90.7 cm³/mol. The fourth-order valence-corrected chi connectivity index (χ4v) is 2.77. The Morgan fingerprint density at radius 3 is 2.04 bits per heavy atom. The SMILES string of the molecule is O=C(c1ccc(Oc2ccccc2)cc1)N1CCC(O)(C(=O)O)CC1. The Bertz CT molecular complexity index is 749. The Hall–Kier alpha value is -2.86. The number of benzene rings is 2. The topological polar surface area (TPSA) is 87.1 Å². The zero-order valence-electron chi connectivity index (χ0n) is 13.6. The van der Waals surface area contributed by atoms with E-state index in [0.717, 1.165) is 0 Å². The number of rotatable bonds is 4. The van der Waals surface area contributed by atoms with Gasteiger partial charge in [-0.1, -0.05) is 18.2 Å². The minimum atomic E-state index is -1.73. The van der Waals surface area contributed by atoms with E-state index < -0.39 is 11.6 Å². The first-order chi connectivity index (χ1) is 12.0. The minimum Gasteiger partial charge on any atom is -0.479 e. The van der Waals surface area contributed by atoms with Crippen LogP contribution in [0.3, 0.4) is 0 Å². The van der Waals surface area contributed by atoms with Crippen molar-refractivity contribution >= 4 is 11.9 Å². The maximum absolute atomic E-state index is 12.5. The molecule has 25 heavy (non-hydrogen) atoms. The van der Waals surface area contributed by atoms with E-state index >= 15 is 0 Å². The van der Waals surface area contributed by atoms with Gasteiger partial charge in [0.25, 0.3) is 5.91 Å². The number of aliphatic carboxylic acids is 1. The molecule has 0 bridgehead atoms. The van der Waals surface area contributed by atoms with Crippen molar-refractivity contribution in [3.63, 3.8) is 0 Å². The highest BCUT2D eigenvalue weighted by Crippen LogP contribution is 2.25. The Morgan fingerprint density at radius 1 is 0.920 bits per heavy atom. The highest BCUT2D eigenvalue weighted by Gasteiger charge is 2.40. The summed E-state index contributed by atoms with van der Waals surface area (Å²) in [6.45, 7) is 0.424. The van der Waals surface area contributed by atoms with Gasteiger partial charge in [-0.15, -0.1) is 0 Å². The van der Waals surface area contributed by atoms with Crippen LogP contribution in [-0.4, -0.2) is 45.7 Å². The van der Waals surface area contributed by atoms with Gasteiger partial charge in [0.05, 0.1) is 0 Å². The molecule has 2 N–H and O–H groups in total. The molecule has 1 aliphatic rings. The van der Waals surface area contributed by atoms with Gasteiger partial charge in [0.2, 0.25) is 0 Å². The number of aliphatic hydroxyl groups is 1. The van der Waals surface area contributed by atoms with Crippen LogP contribution in [0.25, 0.3) is 0 Å². The molecule has 2 aromatic carbocycles. The molecule has 6 heteroatoms. The molecule has 1 amide bonds. The number of piperidine rings is 1. The second kappa shape index (κ2) is 6.94. The summed E-state index contributed by atoms with van der Waals surface area (Å²) in [5.41, 5.74) is -1.23. The zero-order valence-corrected chi connectivity index (χ0v) is 13.6. The summed E-state index contributed by atoms with van der Waals surface area (Å²) in [5.74, 6) is -0.0760. The van der Waals surface area contributed by atoms with Crippen molar-refractivity contribution in [2.45, 2.75) is 18.4 Å². The van der Waals surface area contributed by atoms with E-state index in [9.17, 15) is 14.7 Å². The third kappa shape index (κ3) is 3.80. The lowest BCUT2D eigenvalue weighted by Gasteiger charge is -2.35. The number of carbonyl (C=O) groups excluding carboxylic acids is 1. The van der Waals surface area contributed by atoms with E-state index in [4.69, 9.17) is 9.84 Å². The van der Waals surface area contributed by atoms with Crippen LogP contribution < -0.4 is 4.74 Å². The third-order valence-electron chi connectivity index (χ3n) is 4.36. The Kier molecular flexibility index (Phi) is 4.72. The van der Waals surface area contributed by atoms with Crippen molar-refractivity contribution in [1.82, 2.24) is 4.90 Å². The second-order valence-electron chi connectivity index (χ2n) is 6.07. The van der Waals surface area contributed by atoms with Gasteiger partial charge in [0.1, 0.15) is 11.5 Å². The summed E-state index contributed by atoms with van der Waals surface area (Å²) in [6.07, 6.45) is 0.0621. The van der Waals surface area contributed by atoms with Crippen LogP contribution in [0.1, 0.15) is 23.2 Å². The van der Waals surface area contributed by atoms with Crippen molar-refractivity contribution in [3.05, 3.63) is 60.2 Å². The van der Waals surface area contributed by atoms with Crippen molar-refractivity contribution in [2.75, 3.05) is 13.1 Å². The highest BCUT2D eigenvalue weighted by atomic mass is 16.5. The molecule has 130 valence electrons. The molecule has 0 aliphatic carbocycles. The van der Waals surface area contributed by atoms with Gasteiger partial charge < -0.3 is 19.8 Å². The van der Waals surface area contributed by atoms with Crippen LogP contribution in [0.4, 0.5) is 0 Å². The molecule has 2 aromatic rings. The Balaban J connectivity index is 1.63. The molecule has 0 saturated carbocycles. The number of hydrogen-bond acceptors (Lipinski definition) is 4. The van der Waals surface area contributed by atoms with Gasteiger partial charge in [0.15, 0.2) is 5.60 Å². The maximum Gasteiger partial charge on any atom is 0.335 e. The number of hydrogen-bond donors (Lipinski definition) is 2. The van der Waals surface area contributed by atoms with E-state index in [1.54, 1.807) is 29.2 Å². The van der Waals surface area contributed by atoms with Crippen LogP contribution in [0.15, 0.2) is 54.6 Å². The molecule has 1 fully saturated rings. The monoisotopic (exact) mass is 341 g/mol. The molecule has 0 spiro atoms. The van der Waals surface area contributed by atoms with Gasteiger partial charge in [-0.3, -0.25) is 4.79 Å². The molecule has 3 rings (SSSR count). The lowest BCUT2D eigenvalue weighted by atomic mass is 9.91. The quantitative estimate of drug-likeness (QED) is 0.892. The minimum absolute atomic E-state index is 0.0310. The number of amides is 1. The average molecular weight is 341 g/mol. The normalized spacial score (nSPS) is 16.3. The van der Waals surface area contributed by atoms with E-state index in [2.05, 4.69) is 0 Å². The molecule has 0 radical (unpaired) electrons. The number of likely N-dealkylation sites (tertiary alicyclic amines) is 1. The molecule has 0 unspecified atom stereocenters. The molecular formula is C19H19NO5. The highest BCUT2D eigenvalue weighted by molar-refractivity contribution is 5.94. The summed E-state index contributed by atoms with van der Waals surface area (Å²) in [7, 11) is 0. The summed E-state index contributed by atoms with van der Waals surface area (Å²) < 4.78 is 5.69. The predicted octanol–water partition coefficient (Wildman–Crippen LogP) is 2.53. The fourth-order valence-electron chi connectivity index (χ4n) is 2.77. The summed E-state index contributed by atoms with van der Waals surface area (Å²) in [5, 5.41) is 19.0. The van der Waals surface area contributed by atoms with Crippen LogP contribution in [0.2, 0.25) is 0 Å². The number of ether oxygens (including phenoxy) is 1. The van der Waals surface area contributed by atoms with Gasteiger partial charge in [0, 0.05) is 31.5 Å². The van der Waals surface area contributed by atoms with E-state index in [1.807, 2.05) is 30.3 Å². The first-order valence-corrected chi connectivity index (χ1v) is 8.06. The lowest BCUT2D eigenvalue weighted by Crippen LogP contribution is -2.50. The van der Waals surface area contributed by atoms with Crippen molar-refractivity contribution in [1.29, 1.82) is 0 Å².